The van der Waals surface area contributed by atoms with Crippen molar-refractivity contribution in [1.82, 2.24) is 4.90 Å². The molecule has 0 spiro atoms. The molecule has 6 nitrogen and oxygen atoms in total. The van der Waals surface area contributed by atoms with E-state index in [0.717, 1.165) is 36.8 Å². The van der Waals surface area contributed by atoms with Crippen LogP contribution in [0, 0.1) is 11.7 Å². The maximum absolute atomic E-state index is 13.5. The van der Waals surface area contributed by atoms with Crippen LogP contribution < -0.4 is 4.90 Å². The smallest absolute Gasteiger partial charge is 0.324 e. The van der Waals surface area contributed by atoms with E-state index in [1.54, 1.807) is 21.9 Å². The van der Waals surface area contributed by atoms with Crippen molar-refractivity contribution in [3.8, 4) is 0 Å². The van der Waals surface area contributed by atoms with Gasteiger partial charge >= 0.3 is 12.0 Å². The minimum Gasteiger partial charge on any atom is -0.460 e. The highest BCUT2D eigenvalue weighted by molar-refractivity contribution is 5.92. The Morgan fingerprint density at radius 2 is 1.67 bits per heavy atom. The maximum atomic E-state index is 13.5. The number of esters is 1. The first kappa shape index (κ1) is 27.7. The summed E-state index contributed by atoms with van der Waals surface area (Å²) in [7, 11) is 0. The Kier molecular flexibility index (Phi) is 9.49. The largest absolute Gasteiger partial charge is 0.460 e. The minimum absolute atomic E-state index is 0.109. The molecule has 0 aromatic heterocycles. The molecule has 36 heavy (non-hydrogen) atoms. The van der Waals surface area contributed by atoms with Gasteiger partial charge in [-0.15, -0.1) is 0 Å². The second-order valence-electron chi connectivity index (χ2n) is 10.4. The number of carbonyl (C=O) groups is 2. The van der Waals surface area contributed by atoms with E-state index in [9.17, 15) is 19.1 Å². The number of ether oxygens (including phenoxy) is 1. The topological polar surface area (TPSA) is 70.1 Å². The molecule has 0 aliphatic heterocycles. The molecule has 2 atom stereocenters. The number of halogens is 1. The average molecular weight is 499 g/mol. The number of aliphatic hydroxyl groups is 1. The Labute approximate surface area is 214 Å². The molecule has 2 aromatic carbocycles. The predicted octanol–water partition coefficient (Wildman–Crippen LogP) is 5.88. The van der Waals surface area contributed by atoms with Crippen LogP contribution in [0.4, 0.5) is 14.9 Å². The van der Waals surface area contributed by atoms with Gasteiger partial charge in [0.1, 0.15) is 11.4 Å². The molecular weight excluding hydrogens is 459 g/mol. The van der Waals surface area contributed by atoms with E-state index in [2.05, 4.69) is 0 Å². The molecule has 7 heteroatoms. The van der Waals surface area contributed by atoms with E-state index in [4.69, 9.17) is 4.74 Å². The number of urea groups is 1. The lowest BCUT2D eigenvalue weighted by Gasteiger charge is -2.33. The quantitative estimate of drug-likeness (QED) is 0.461. The number of hydrogen-bond donors (Lipinski definition) is 1. The standard InChI is InChI=1S/C29H39FN2O4/c1-5-31(18-19-33)28(35)32(24-16-14-23(30)15-17-24)20-21-10-12-22(13-11-21)25-8-6-7-9-26(25)27(34)36-29(2,3)4/h10-17,25-26,33H,5-9,18-20H2,1-4H3/t25-,26+/m0/s1. The van der Waals surface area contributed by atoms with Crippen LogP contribution in [0.3, 0.4) is 0 Å². The summed E-state index contributed by atoms with van der Waals surface area (Å²) in [6.45, 7) is 8.38. The van der Waals surface area contributed by atoms with Crippen LogP contribution in [-0.2, 0) is 16.1 Å². The summed E-state index contributed by atoms with van der Waals surface area (Å²) in [5.74, 6) is -0.548. The summed E-state index contributed by atoms with van der Waals surface area (Å²) >= 11 is 0. The molecule has 1 fully saturated rings. The molecule has 0 heterocycles. The zero-order valence-corrected chi connectivity index (χ0v) is 21.9. The highest BCUT2D eigenvalue weighted by Crippen LogP contribution is 2.39. The first-order valence-electron chi connectivity index (χ1n) is 12.9. The van der Waals surface area contributed by atoms with Gasteiger partial charge in [0.2, 0.25) is 0 Å². The molecule has 3 rings (SSSR count). The van der Waals surface area contributed by atoms with Crippen LogP contribution in [0.5, 0.6) is 0 Å². The van der Waals surface area contributed by atoms with Crippen molar-refractivity contribution in [1.29, 1.82) is 0 Å². The van der Waals surface area contributed by atoms with E-state index in [1.165, 1.54) is 12.1 Å². The van der Waals surface area contributed by atoms with Gasteiger partial charge in [0.25, 0.3) is 0 Å². The Morgan fingerprint density at radius 3 is 2.25 bits per heavy atom. The highest BCUT2D eigenvalue weighted by atomic mass is 19.1. The van der Waals surface area contributed by atoms with Crippen molar-refractivity contribution in [2.75, 3.05) is 24.6 Å². The summed E-state index contributed by atoms with van der Waals surface area (Å²) in [5.41, 5.74) is 2.09. The van der Waals surface area contributed by atoms with Crippen LogP contribution in [0.25, 0.3) is 0 Å². The molecule has 1 N–H and O–H groups in total. The molecular formula is C29H39FN2O4. The van der Waals surface area contributed by atoms with Crippen LogP contribution in [-0.4, -0.2) is 47.3 Å². The van der Waals surface area contributed by atoms with Crippen LogP contribution in [0.15, 0.2) is 48.5 Å². The van der Waals surface area contributed by atoms with E-state index < -0.39 is 5.60 Å². The van der Waals surface area contributed by atoms with Gasteiger partial charge in [-0.2, -0.15) is 0 Å². The Bertz CT molecular complexity index is 1000. The molecule has 0 unspecified atom stereocenters. The van der Waals surface area contributed by atoms with Crippen molar-refractivity contribution < 1.29 is 23.8 Å². The van der Waals surface area contributed by atoms with Crippen LogP contribution in [0.1, 0.15) is 70.4 Å². The first-order chi connectivity index (χ1) is 17.1. The van der Waals surface area contributed by atoms with Crippen molar-refractivity contribution in [3.63, 3.8) is 0 Å². The predicted molar refractivity (Wildman–Crippen MR) is 139 cm³/mol. The fourth-order valence-corrected chi connectivity index (χ4v) is 4.81. The minimum atomic E-state index is -0.512. The van der Waals surface area contributed by atoms with Gasteiger partial charge in [0.15, 0.2) is 0 Å². The second kappa shape index (κ2) is 12.3. The SMILES string of the molecule is CCN(CCO)C(=O)N(Cc1ccc([C@@H]2CCCC[C@H]2C(=O)OC(C)(C)C)cc1)c1ccc(F)cc1. The molecule has 0 saturated heterocycles. The lowest BCUT2D eigenvalue weighted by Crippen LogP contribution is -2.44. The number of anilines is 1. The third-order valence-electron chi connectivity index (χ3n) is 6.62. The molecule has 1 aliphatic carbocycles. The molecule has 196 valence electrons. The Balaban J connectivity index is 1.82. The highest BCUT2D eigenvalue weighted by Gasteiger charge is 2.35. The molecule has 1 aliphatic rings. The average Bonchev–Trinajstić information content (AvgIpc) is 2.85. The molecule has 2 amide bonds. The summed E-state index contributed by atoms with van der Waals surface area (Å²) < 4.78 is 19.3. The lowest BCUT2D eigenvalue weighted by atomic mass is 9.75. The molecule has 0 bridgehead atoms. The van der Waals surface area contributed by atoms with Gasteiger partial charge in [-0.25, -0.2) is 9.18 Å². The van der Waals surface area contributed by atoms with Gasteiger partial charge in [-0.05, 0) is 81.8 Å². The summed E-state index contributed by atoms with van der Waals surface area (Å²) in [4.78, 5) is 29.3. The van der Waals surface area contributed by atoms with Crippen molar-refractivity contribution >= 4 is 17.7 Å². The van der Waals surface area contributed by atoms with Gasteiger partial charge in [-0.3, -0.25) is 9.69 Å². The maximum Gasteiger partial charge on any atom is 0.324 e. The number of amides is 2. The Morgan fingerprint density at radius 1 is 1.03 bits per heavy atom. The molecule has 0 radical (unpaired) electrons. The van der Waals surface area contributed by atoms with Crippen LogP contribution >= 0.6 is 0 Å². The number of likely N-dealkylation sites (N-methyl/N-ethyl adjacent to an activating group) is 1. The molecule has 2 aromatic rings. The third-order valence-corrected chi connectivity index (χ3v) is 6.62. The van der Waals surface area contributed by atoms with Gasteiger partial charge in [0, 0.05) is 18.8 Å². The van der Waals surface area contributed by atoms with E-state index in [1.807, 2.05) is 52.0 Å². The zero-order chi connectivity index (χ0) is 26.3. The van der Waals surface area contributed by atoms with E-state index in [-0.39, 0.29) is 42.8 Å². The summed E-state index contributed by atoms with van der Waals surface area (Å²) in [6, 6.07) is 13.7. The van der Waals surface area contributed by atoms with Gasteiger partial charge in [-0.1, -0.05) is 37.1 Å². The lowest BCUT2D eigenvalue weighted by molar-refractivity contribution is -0.161. The number of hydrogen-bond acceptors (Lipinski definition) is 4. The zero-order valence-electron chi connectivity index (χ0n) is 21.9. The normalized spacial score (nSPS) is 17.9. The summed E-state index contributed by atoms with van der Waals surface area (Å²) in [6.07, 6.45) is 3.87. The van der Waals surface area contributed by atoms with E-state index in [0.29, 0.717) is 18.8 Å². The second-order valence-corrected chi connectivity index (χ2v) is 10.4. The number of nitrogens with zero attached hydrogens (tertiary/aromatic N) is 2. The molecule has 1 saturated carbocycles. The van der Waals surface area contributed by atoms with Crippen LogP contribution in [0.2, 0.25) is 0 Å². The van der Waals surface area contributed by atoms with Crippen molar-refractivity contribution in [2.45, 2.75) is 71.4 Å². The van der Waals surface area contributed by atoms with Crippen molar-refractivity contribution in [3.05, 3.63) is 65.5 Å². The van der Waals surface area contributed by atoms with Gasteiger partial charge < -0.3 is 14.7 Å². The third kappa shape index (κ3) is 7.29. The fourth-order valence-electron chi connectivity index (χ4n) is 4.81. The fraction of sp³-hybridized carbons (Fsp3) is 0.517. The number of carbonyl (C=O) groups excluding carboxylic acids is 2. The van der Waals surface area contributed by atoms with E-state index >= 15 is 0 Å². The van der Waals surface area contributed by atoms with Gasteiger partial charge in [0.05, 0.1) is 19.1 Å². The number of benzene rings is 2. The number of aliphatic hydroxyl groups excluding tert-OH is 1. The summed E-state index contributed by atoms with van der Waals surface area (Å²) in [5, 5.41) is 9.38. The first-order valence-corrected chi connectivity index (χ1v) is 12.9. The number of rotatable bonds is 8. The monoisotopic (exact) mass is 498 g/mol. The Hall–Kier alpha value is -2.93. The van der Waals surface area contributed by atoms with Crippen molar-refractivity contribution in [2.24, 2.45) is 5.92 Å².